The minimum absolute atomic E-state index is 0.110. The van der Waals surface area contributed by atoms with Crippen LogP contribution < -0.4 is 4.90 Å². The summed E-state index contributed by atoms with van der Waals surface area (Å²) in [6, 6.07) is 10.9. The largest absolute Gasteiger partial charge is 0.345 e. The molecule has 180 valence electrons. The second-order valence-corrected chi connectivity index (χ2v) is 12.0. The number of aromatic nitrogens is 1. The normalized spacial score (nSPS) is 20.1. The Hall–Kier alpha value is -2.56. The Morgan fingerprint density at radius 2 is 1.79 bits per heavy atom. The van der Waals surface area contributed by atoms with Crippen molar-refractivity contribution in [1.82, 2.24) is 14.2 Å². The molecule has 0 N–H and O–H groups in total. The van der Waals surface area contributed by atoms with Gasteiger partial charge in [0.2, 0.25) is 10.0 Å². The number of nitrogens with zero attached hydrogens (tertiary/aromatic N) is 4. The molecule has 10 heteroatoms. The van der Waals surface area contributed by atoms with Crippen LogP contribution in [0.5, 0.6) is 0 Å². The maximum absolute atomic E-state index is 13.5. The third-order valence-electron chi connectivity index (χ3n) is 6.54. The lowest BCUT2D eigenvalue weighted by molar-refractivity contribution is 0.0746. The maximum atomic E-state index is 13.5. The molecular weight excluding hydrogens is 475 g/mol. The molecule has 1 atom stereocenters. The Bertz CT molecular complexity index is 1300. The summed E-state index contributed by atoms with van der Waals surface area (Å²) in [5, 5.41) is 0.828. The number of amides is 1. The van der Waals surface area contributed by atoms with Crippen LogP contribution in [0.4, 0.5) is 9.52 Å². The van der Waals surface area contributed by atoms with Crippen molar-refractivity contribution < 1.29 is 17.6 Å². The summed E-state index contributed by atoms with van der Waals surface area (Å²) in [5.74, 6) is -0.0315. The van der Waals surface area contributed by atoms with E-state index in [9.17, 15) is 17.6 Å². The van der Waals surface area contributed by atoms with E-state index in [0.29, 0.717) is 50.7 Å². The number of hydrogen-bond donors (Lipinski definition) is 0. The molecule has 0 bridgehead atoms. The highest BCUT2D eigenvalue weighted by Gasteiger charge is 2.29. The van der Waals surface area contributed by atoms with E-state index in [2.05, 4.69) is 16.8 Å². The summed E-state index contributed by atoms with van der Waals surface area (Å²) >= 11 is 1.45. The first-order chi connectivity index (χ1) is 16.3. The third-order valence-corrected chi connectivity index (χ3v) is 9.49. The van der Waals surface area contributed by atoms with Crippen LogP contribution >= 0.6 is 11.3 Å². The van der Waals surface area contributed by atoms with Gasteiger partial charge in [-0.15, -0.1) is 0 Å². The van der Waals surface area contributed by atoms with Crippen molar-refractivity contribution in [3.05, 3.63) is 53.8 Å². The first kappa shape index (κ1) is 23.2. The molecule has 2 aliphatic heterocycles. The van der Waals surface area contributed by atoms with Gasteiger partial charge >= 0.3 is 0 Å². The molecule has 2 aromatic carbocycles. The van der Waals surface area contributed by atoms with Crippen LogP contribution in [-0.4, -0.2) is 67.8 Å². The average Bonchev–Trinajstić information content (AvgIpc) is 3.27. The summed E-state index contributed by atoms with van der Waals surface area (Å²) in [6.07, 6.45) is 1.92. The molecule has 2 aliphatic rings. The molecule has 0 aliphatic carbocycles. The highest BCUT2D eigenvalue weighted by atomic mass is 32.2. The lowest BCUT2D eigenvalue weighted by Gasteiger charge is -2.34. The van der Waals surface area contributed by atoms with Crippen molar-refractivity contribution in [1.29, 1.82) is 0 Å². The molecule has 5 rings (SSSR count). The number of piperazine rings is 1. The van der Waals surface area contributed by atoms with Crippen LogP contribution in [0.15, 0.2) is 47.4 Å². The second kappa shape index (κ2) is 9.24. The predicted octanol–water partition coefficient (Wildman–Crippen LogP) is 3.82. The fourth-order valence-electron chi connectivity index (χ4n) is 4.59. The topological polar surface area (TPSA) is 73.8 Å². The SMILES string of the molecule is CC1CCCN(S(=O)(=O)c2ccc(C(=O)N3CCN(c4nc5ccc(F)cc5s4)CC3)cc2)C1. The smallest absolute Gasteiger partial charge is 0.253 e. The molecule has 1 amide bonds. The number of sulfonamides is 1. The highest BCUT2D eigenvalue weighted by Crippen LogP contribution is 2.30. The number of hydrogen-bond acceptors (Lipinski definition) is 6. The molecule has 1 aromatic heterocycles. The minimum atomic E-state index is -3.54. The molecule has 0 radical (unpaired) electrons. The van der Waals surface area contributed by atoms with E-state index >= 15 is 0 Å². The first-order valence-electron chi connectivity index (χ1n) is 11.5. The summed E-state index contributed by atoms with van der Waals surface area (Å²) in [6.45, 7) is 5.49. The van der Waals surface area contributed by atoms with Crippen LogP contribution in [0.1, 0.15) is 30.1 Å². The van der Waals surface area contributed by atoms with Gasteiger partial charge in [-0.1, -0.05) is 18.3 Å². The van der Waals surface area contributed by atoms with Gasteiger partial charge in [0, 0.05) is 44.8 Å². The fourth-order valence-corrected chi connectivity index (χ4v) is 7.23. The number of anilines is 1. The number of thiazole rings is 1. The van der Waals surface area contributed by atoms with Crippen LogP contribution in [0.2, 0.25) is 0 Å². The molecular formula is C24H27FN4O3S2. The van der Waals surface area contributed by atoms with Crippen molar-refractivity contribution in [2.45, 2.75) is 24.7 Å². The van der Waals surface area contributed by atoms with E-state index < -0.39 is 10.0 Å². The van der Waals surface area contributed by atoms with Gasteiger partial charge < -0.3 is 9.80 Å². The van der Waals surface area contributed by atoms with Crippen LogP contribution in [0.3, 0.4) is 0 Å². The molecule has 0 saturated carbocycles. The molecule has 2 fully saturated rings. The van der Waals surface area contributed by atoms with Gasteiger partial charge in [-0.3, -0.25) is 4.79 Å². The van der Waals surface area contributed by atoms with Gasteiger partial charge in [0.05, 0.1) is 15.1 Å². The van der Waals surface area contributed by atoms with Gasteiger partial charge in [-0.05, 0) is 61.2 Å². The standard InChI is InChI=1S/C24H27FN4O3S2/c1-17-3-2-10-29(16-17)34(31,32)20-7-4-18(5-8-20)23(30)27-11-13-28(14-12-27)24-26-21-9-6-19(25)15-22(21)33-24/h4-9,15,17H,2-3,10-14,16H2,1H3. The summed E-state index contributed by atoms with van der Waals surface area (Å²) in [5.41, 5.74) is 1.25. The number of carbonyl (C=O) groups excluding carboxylic acids is 1. The van der Waals surface area contributed by atoms with Crippen molar-refractivity contribution in [2.75, 3.05) is 44.2 Å². The number of halogens is 1. The number of fused-ring (bicyclic) bond motifs is 1. The van der Waals surface area contributed by atoms with Gasteiger partial charge in [0.1, 0.15) is 5.82 Å². The van der Waals surface area contributed by atoms with Gasteiger partial charge in [-0.25, -0.2) is 17.8 Å². The molecule has 34 heavy (non-hydrogen) atoms. The van der Waals surface area contributed by atoms with Crippen LogP contribution in [-0.2, 0) is 10.0 Å². The van der Waals surface area contributed by atoms with E-state index in [-0.39, 0.29) is 16.6 Å². The van der Waals surface area contributed by atoms with E-state index in [1.54, 1.807) is 39.5 Å². The quantitative estimate of drug-likeness (QED) is 0.542. The van der Waals surface area contributed by atoms with Crippen LogP contribution in [0.25, 0.3) is 10.2 Å². The Labute approximate surface area is 202 Å². The second-order valence-electron chi connectivity index (χ2n) is 9.02. The number of carbonyl (C=O) groups is 1. The van der Waals surface area contributed by atoms with Crippen molar-refractivity contribution in [3.63, 3.8) is 0 Å². The summed E-state index contributed by atoms with van der Waals surface area (Å²) in [7, 11) is -3.54. The molecule has 3 heterocycles. The maximum Gasteiger partial charge on any atom is 0.253 e. The van der Waals surface area contributed by atoms with E-state index in [0.717, 1.165) is 28.2 Å². The number of piperidine rings is 1. The lowest BCUT2D eigenvalue weighted by Crippen LogP contribution is -2.48. The zero-order valence-electron chi connectivity index (χ0n) is 19.0. The monoisotopic (exact) mass is 502 g/mol. The van der Waals surface area contributed by atoms with E-state index in [4.69, 9.17) is 0 Å². The molecule has 1 unspecified atom stereocenters. The van der Waals surface area contributed by atoms with E-state index in [1.807, 2.05) is 0 Å². The summed E-state index contributed by atoms with van der Waals surface area (Å²) in [4.78, 5) is 21.7. The Balaban J connectivity index is 1.23. The molecule has 2 saturated heterocycles. The Morgan fingerprint density at radius 3 is 2.50 bits per heavy atom. The van der Waals surface area contributed by atoms with Crippen molar-refractivity contribution >= 4 is 42.6 Å². The van der Waals surface area contributed by atoms with E-state index in [1.165, 1.54) is 23.5 Å². The lowest BCUT2D eigenvalue weighted by atomic mass is 10.0. The zero-order chi connectivity index (χ0) is 23.9. The van der Waals surface area contributed by atoms with Crippen molar-refractivity contribution in [2.24, 2.45) is 5.92 Å². The fraction of sp³-hybridized carbons (Fsp3) is 0.417. The summed E-state index contributed by atoms with van der Waals surface area (Å²) < 4.78 is 41.8. The van der Waals surface area contributed by atoms with Gasteiger partial charge in [0.15, 0.2) is 5.13 Å². The zero-order valence-corrected chi connectivity index (χ0v) is 20.6. The molecule has 7 nitrogen and oxygen atoms in total. The van der Waals surface area contributed by atoms with Gasteiger partial charge in [-0.2, -0.15) is 4.31 Å². The first-order valence-corrected chi connectivity index (χ1v) is 13.8. The molecule has 0 spiro atoms. The minimum Gasteiger partial charge on any atom is -0.345 e. The van der Waals surface area contributed by atoms with Crippen molar-refractivity contribution in [3.8, 4) is 0 Å². The number of benzene rings is 2. The highest BCUT2D eigenvalue weighted by molar-refractivity contribution is 7.89. The third kappa shape index (κ3) is 4.54. The predicted molar refractivity (Wildman–Crippen MR) is 131 cm³/mol. The average molecular weight is 503 g/mol. The molecule has 3 aromatic rings. The Morgan fingerprint density at radius 1 is 1.06 bits per heavy atom. The van der Waals surface area contributed by atoms with Crippen LogP contribution in [0, 0.1) is 11.7 Å². The van der Waals surface area contributed by atoms with Gasteiger partial charge in [0.25, 0.3) is 5.91 Å². The number of rotatable bonds is 4. The Kier molecular flexibility index (Phi) is 6.30.